The normalized spacial score (nSPS) is 11.5. The van der Waals surface area contributed by atoms with Gasteiger partial charge in [0, 0.05) is 6.42 Å². The van der Waals surface area contributed by atoms with Crippen LogP contribution in [-0.2, 0) is 11.3 Å². The van der Waals surface area contributed by atoms with Gasteiger partial charge in [0.25, 0.3) is 0 Å². The van der Waals surface area contributed by atoms with Crippen molar-refractivity contribution in [2.24, 2.45) is 11.1 Å². The maximum atomic E-state index is 11.6. The molecule has 0 saturated carbocycles. The molecule has 4 nitrogen and oxygen atoms in total. The number of carbonyl (C=O) groups excluding carboxylic acids is 1. The van der Waals surface area contributed by atoms with Crippen molar-refractivity contribution in [1.82, 2.24) is 5.32 Å². The van der Waals surface area contributed by atoms with Crippen molar-refractivity contribution in [3.63, 3.8) is 0 Å². The monoisotopic (exact) mass is 238 g/mol. The third kappa shape index (κ3) is 5.54. The zero-order chi connectivity index (χ0) is 12.7. The molecule has 1 heterocycles. The number of furan rings is 1. The summed E-state index contributed by atoms with van der Waals surface area (Å²) in [5.41, 5.74) is 5.67. The summed E-state index contributed by atoms with van der Waals surface area (Å²) in [4.78, 5) is 11.6. The maximum absolute atomic E-state index is 11.6. The SMILES string of the molecule is CC(C)(CCN)CCC(=O)NCc1ccco1. The average Bonchev–Trinajstić information content (AvgIpc) is 2.76. The molecule has 0 fully saturated rings. The van der Waals surface area contributed by atoms with Crippen LogP contribution in [0.4, 0.5) is 0 Å². The number of carbonyl (C=O) groups is 1. The molecule has 0 saturated heterocycles. The standard InChI is InChI=1S/C13H22N2O2/c1-13(2,7-8-14)6-5-12(16)15-10-11-4-3-9-17-11/h3-4,9H,5-8,10,14H2,1-2H3,(H,15,16). The Morgan fingerprint density at radius 3 is 2.82 bits per heavy atom. The lowest BCUT2D eigenvalue weighted by atomic mass is 9.84. The summed E-state index contributed by atoms with van der Waals surface area (Å²) in [6.07, 6.45) is 3.94. The van der Waals surface area contributed by atoms with E-state index < -0.39 is 0 Å². The van der Waals surface area contributed by atoms with E-state index in [1.807, 2.05) is 12.1 Å². The molecular formula is C13H22N2O2. The molecule has 0 aliphatic heterocycles. The minimum Gasteiger partial charge on any atom is -0.467 e. The van der Waals surface area contributed by atoms with Gasteiger partial charge in [-0.15, -0.1) is 0 Å². The smallest absolute Gasteiger partial charge is 0.220 e. The van der Waals surface area contributed by atoms with Gasteiger partial charge in [0.15, 0.2) is 0 Å². The first-order valence-corrected chi connectivity index (χ1v) is 6.03. The zero-order valence-corrected chi connectivity index (χ0v) is 10.7. The zero-order valence-electron chi connectivity index (χ0n) is 10.7. The fourth-order valence-corrected chi connectivity index (χ4v) is 1.65. The molecule has 1 amide bonds. The highest BCUT2D eigenvalue weighted by atomic mass is 16.3. The lowest BCUT2D eigenvalue weighted by Crippen LogP contribution is -2.25. The number of hydrogen-bond acceptors (Lipinski definition) is 3. The molecule has 4 heteroatoms. The Balaban J connectivity index is 2.21. The highest BCUT2D eigenvalue weighted by Crippen LogP contribution is 2.25. The average molecular weight is 238 g/mol. The van der Waals surface area contributed by atoms with Gasteiger partial charge in [-0.1, -0.05) is 13.8 Å². The van der Waals surface area contributed by atoms with Gasteiger partial charge in [-0.25, -0.2) is 0 Å². The van der Waals surface area contributed by atoms with Gasteiger partial charge in [0.05, 0.1) is 12.8 Å². The Morgan fingerprint density at radius 1 is 1.47 bits per heavy atom. The fraction of sp³-hybridized carbons (Fsp3) is 0.615. The molecule has 1 rings (SSSR count). The summed E-state index contributed by atoms with van der Waals surface area (Å²) < 4.78 is 5.14. The molecule has 1 aromatic rings. The molecule has 0 bridgehead atoms. The summed E-state index contributed by atoms with van der Waals surface area (Å²) in [6.45, 7) is 5.41. The Bertz CT molecular complexity index is 331. The highest BCUT2D eigenvalue weighted by molar-refractivity contribution is 5.75. The molecule has 0 aliphatic carbocycles. The quantitative estimate of drug-likeness (QED) is 0.764. The van der Waals surface area contributed by atoms with Crippen LogP contribution in [0, 0.1) is 5.41 Å². The van der Waals surface area contributed by atoms with Gasteiger partial charge in [-0.3, -0.25) is 4.79 Å². The summed E-state index contributed by atoms with van der Waals surface area (Å²) in [5, 5.41) is 2.84. The molecule has 0 atom stereocenters. The number of hydrogen-bond donors (Lipinski definition) is 2. The Morgan fingerprint density at radius 2 is 2.24 bits per heavy atom. The molecule has 3 N–H and O–H groups in total. The molecule has 0 radical (unpaired) electrons. The minimum absolute atomic E-state index is 0.0616. The van der Waals surface area contributed by atoms with E-state index in [-0.39, 0.29) is 11.3 Å². The number of rotatable bonds is 7. The Kier molecular flexibility index (Phi) is 5.22. The van der Waals surface area contributed by atoms with E-state index in [1.54, 1.807) is 6.26 Å². The minimum atomic E-state index is 0.0616. The van der Waals surface area contributed by atoms with Gasteiger partial charge in [-0.2, -0.15) is 0 Å². The van der Waals surface area contributed by atoms with E-state index in [9.17, 15) is 4.79 Å². The third-order valence-corrected chi connectivity index (χ3v) is 2.89. The molecule has 17 heavy (non-hydrogen) atoms. The summed E-state index contributed by atoms with van der Waals surface area (Å²) in [5.74, 6) is 0.839. The van der Waals surface area contributed by atoms with E-state index in [1.165, 1.54) is 0 Å². The second kappa shape index (κ2) is 6.45. The first kappa shape index (κ1) is 13.8. The second-order valence-electron chi connectivity index (χ2n) is 5.06. The summed E-state index contributed by atoms with van der Waals surface area (Å²) in [6, 6.07) is 3.66. The maximum Gasteiger partial charge on any atom is 0.220 e. The van der Waals surface area contributed by atoms with Crippen LogP contribution < -0.4 is 11.1 Å². The van der Waals surface area contributed by atoms with Gasteiger partial charge < -0.3 is 15.5 Å². The predicted octanol–water partition coefficient (Wildman–Crippen LogP) is 2.05. The molecule has 0 aromatic carbocycles. The highest BCUT2D eigenvalue weighted by Gasteiger charge is 2.18. The number of nitrogens with one attached hydrogen (secondary N) is 1. The van der Waals surface area contributed by atoms with Crippen LogP contribution in [0.2, 0.25) is 0 Å². The van der Waals surface area contributed by atoms with Crippen LogP contribution in [0.1, 0.15) is 38.9 Å². The predicted molar refractivity (Wildman–Crippen MR) is 67.2 cm³/mol. The fourth-order valence-electron chi connectivity index (χ4n) is 1.65. The first-order valence-electron chi connectivity index (χ1n) is 6.03. The summed E-state index contributed by atoms with van der Waals surface area (Å²) >= 11 is 0. The molecule has 96 valence electrons. The molecule has 0 unspecified atom stereocenters. The van der Waals surface area contributed by atoms with Gasteiger partial charge >= 0.3 is 0 Å². The topological polar surface area (TPSA) is 68.3 Å². The summed E-state index contributed by atoms with van der Waals surface area (Å²) in [7, 11) is 0. The van der Waals surface area contributed by atoms with Gasteiger partial charge in [0.1, 0.15) is 5.76 Å². The van der Waals surface area contributed by atoms with Crippen LogP contribution in [0.3, 0.4) is 0 Å². The van der Waals surface area contributed by atoms with Crippen molar-refractivity contribution >= 4 is 5.91 Å². The van der Waals surface area contributed by atoms with Crippen molar-refractivity contribution in [3.05, 3.63) is 24.2 Å². The van der Waals surface area contributed by atoms with E-state index in [0.29, 0.717) is 19.5 Å². The lowest BCUT2D eigenvalue weighted by molar-refractivity contribution is -0.121. The van der Waals surface area contributed by atoms with Crippen LogP contribution in [0.5, 0.6) is 0 Å². The Hall–Kier alpha value is -1.29. The van der Waals surface area contributed by atoms with Crippen molar-refractivity contribution in [2.45, 2.75) is 39.7 Å². The van der Waals surface area contributed by atoms with E-state index in [4.69, 9.17) is 10.2 Å². The van der Waals surface area contributed by atoms with Crippen LogP contribution in [-0.4, -0.2) is 12.5 Å². The van der Waals surface area contributed by atoms with E-state index in [0.717, 1.165) is 18.6 Å². The Labute approximate surface area is 103 Å². The van der Waals surface area contributed by atoms with Crippen molar-refractivity contribution in [3.8, 4) is 0 Å². The van der Waals surface area contributed by atoms with E-state index >= 15 is 0 Å². The van der Waals surface area contributed by atoms with Crippen LogP contribution >= 0.6 is 0 Å². The second-order valence-corrected chi connectivity index (χ2v) is 5.06. The molecular weight excluding hydrogens is 216 g/mol. The first-order chi connectivity index (χ1) is 8.03. The van der Waals surface area contributed by atoms with Crippen molar-refractivity contribution < 1.29 is 9.21 Å². The number of amides is 1. The van der Waals surface area contributed by atoms with Gasteiger partial charge in [0.2, 0.25) is 5.91 Å². The van der Waals surface area contributed by atoms with E-state index in [2.05, 4.69) is 19.2 Å². The molecule has 0 spiro atoms. The van der Waals surface area contributed by atoms with Crippen molar-refractivity contribution in [2.75, 3.05) is 6.54 Å². The third-order valence-electron chi connectivity index (χ3n) is 2.89. The number of nitrogens with two attached hydrogens (primary N) is 1. The lowest BCUT2D eigenvalue weighted by Gasteiger charge is -2.23. The van der Waals surface area contributed by atoms with Crippen LogP contribution in [0.15, 0.2) is 22.8 Å². The van der Waals surface area contributed by atoms with Crippen molar-refractivity contribution in [1.29, 1.82) is 0 Å². The largest absolute Gasteiger partial charge is 0.467 e. The molecule has 1 aromatic heterocycles. The van der Waals surface area contributed by atoms with Crippen LogP contribution in [0.25, 0.3) is 0 Å². The molecule has 0 aliphatic rings. The van der Waals surface area contributed by atoms with Gasteiger partial charge in [-0.05, 0) is 36.9 Å².